The summed E-state index contributed by atoms with van der Waals surface area (Å²) < 4.78 is 0. The second kappa shape index (κ2) is 9.35. The van der Waals surface area contributed by atoms with E-state index in [1.165, 1.54) is 89.8 Å². The van der Waals surface area contributed by atoms with Gasteiger partial charge in [0, 0.05) is 11.5 Å². The van der Waals surface area contributed by atoms with Gasteiger partial charge in [-0.25, -0.2) is 0 Å². The molecule has 0 saturated heterocycles. The van der Waals surface area contributed by atoms with Gasteiger partial charge in [-0.2, -0.15) is 0 Å². The Morgan fingerprint density at radius 2 is 1.81 bits per heavy atom. The molecule has 4 rings (SSSR count). The first kappa shape index (κ1) is 24.7. The molecule has 4 saturated carbocycles. The Morgan fingerprint density at radius 3 is 2.53 bits per heavy atom. The van der Waals surface area contributed by atoms with Crippen molar-refractivity contribution in [2.75, 3.05) is 0 Å². The first-order chi connectivity index (χ1) is 15.1. The van der Waals surface area contributed by atoms with E-state index >= 15 is 0 Å². The number of carbonyl (C=O) groups excluding carboxylic acids is 1. The summed E-state index contributed by atoms with van der Waals surface area (Å²) in [4.78, 5) is 11.5. The van der Waals surface area contributed by atoms with Gasteiger partial charge in [0.25, 0.3) is 0 Å². The predicted molar refractivity (Wildman–Crippen MR) is 135 cm³/mol. The highest BCUT2D eigenvalue weighted by Crippen LogP contribution is 2.64. The van der Waals surface area contributed by atoms with Crippen LogP contribution in [0.5, 0.6) is 0 Å². The minimum Gasteiger partial charge on any atom is -0.325 e. The SMILES string of the molecule is CC1CCC2(C)C(CCC3CC2(N)CCCC2(C)C(CCCC(C=O)C(C)C)CCC32)C1. The van der Waals surface area contributed by atoms with Gasteiger partial charge in [-0.05, 0) is 117 Å². The van der Waals surface area contributed by atoms with Crippen molar-refractivity contribution in [3.05, 3.63) is 0 Å². The largest absolute Gasteiger partial charge is 0.325 e. The molecule has 32 heavy (non-hydrogen) atoms. The van der Waals surface area contributed by atoms with Gasteiger partial charge in [-0.3, -0.25) is 0 Å². The van der Waals surface area contributed by atoms with E-state index in [0.29, 0.717) is 16.7 Å². The zero-order valence-corrected chi connectivity index (χ0v) is 22.0. The quantitative estimate of drug-likeness (QED) is 0.426. The molecule has 0 aromatic carbocycles. The lowest BCUT2D eigenvalue weighted by Gasteiger charge is -2.55. The number of nitrogens with two attached hydrogens (primary N) is 1. The molecule has 2 bridgehead atoms. The molecule has 0 aliphatic heterocycles. The maximum absolute atomic E-state index is 11.5. The molecule has 2 heteroatoms. The summed E-state index contributed by atoms with van der Waals surface area (Å²) in [6.45, 7) is 12.1. The van der Waals surface area contributed by atoms with Crippen molar-refractivity contribution >= 4 is 6.29 Å². The summed E-state index contributed by atoms with van der Waals surface area (Å²) in [5.41, 5.74) is 8.42. The molecule has 4 aliphatic rings. The summed E-state index contributed by atoms with van der Waals surface area (Å²) in [5.74, 6) is 5.05. The molecule has 0 aromatic heterocycles. The van der Waals surface area contributed by atoms with E-state index in [4.69, 9.17) is 5.73 Å². The molecule has 0 amide bonds. The summed E-state index contributed by atoms with van der Waals surface area (Å²) >= 11 is 0. The maximum atomic E-state index is 11.5. The highest BCUT2D eigenvalue weighted by molar-refractivity contribution is 5.53. The second-order valence-corrected chi connectivity index (χ2v) is 13.9. The van der Waals surface area contributed by atoms with Crippen LogP contribution in [0.15, 0.2) is 0 Å². The van der Waals surface area contributed by atoms with Crippen LogP contribution in [0.4, 0.5) is 0 Å². The molecule has 0 spiro atoms. The molecule has 4 aliphatic carbocycles. The van der Waals surface area contributed by atoms with Crippen molar-refractivity contribution in [1.82, 2.24) is 0 Å². The van der Waals surface area contributed by atoms with Gasteiger partial charge in [0.15, 0.2) is 0 Å². The van der Waals surface area contributed by atoms with Crippen molar-refractivity contribution < 1.29 is 4.79 Å². The molecule has 2 nitrogen and oxygen atoms in total. The Labute approximate surface area is 199 Å². The van der Waals surface area contributed by atoms with Crippen molar-refractivity contribution in [3.8, 4) is 0 Å². The molecule has 2 N–H and O–H groups in total. The van der Waals surface area contributed by atoms with E-state index in [9.17, 15) is 4.79 Å². The molecule has 9 unspecified atom stereocenters. The van der Waals surface area contributed by atoms with Crippen LogP contribution in [0.25, 0.3) is 0 Å². The standard InChI is InChI=1S/C30H53NO/c1-21(2)24(20-32)8-6-9-25-12-13-27-23-10-11-26-18-22(3)14-17-29(26,5)30(31,19-23)16-7-15-28(25,27)4/h20-27H,6-19,31H2,1-5H3. The van der Waals surface area contributed by atoms with Gasteiger partial charge in [0.1, 0.15) is 6.29 Å². The second-order valence-electron chi connectivity index (χ2n) is 13.9. The van der Waals surface area contributed by atoms with Gasteiger partial charge in [0.05, 0.1) is 0 Å². The third-order valence-electron chi connectivity index (χ3n) is 12.0. The smallest absolute Gasteiger partial charge is 0.123 e. The van der Waals surface area contributed by atoms with E-state index in [0.717, 1.165) is 36.0 Å². The molecule has 0 radical (unpaired) electrons. The Morgan fingerprint density at radius 1 is 1.03 bits per heavy atom. The fourth-order valence-electron chi connectivity index (χ4n) is 9.58. The van der Waals surface area contributed by atoms with E-state index in [1.54, 1.807) is 0 Å². The van der Waals surface area contributed by atoms with E-state index in [1.807, 2.05) is 0 Å². The molecular formula is C30H53NO. The van der Waals surface area contributed by atoms with Crippen LogP contribution < -0.4 is 5.73 Å². The molecule has 9 atom stereocenters. The van der Waals surface area contributed by atoms with E-state index in [2.05, 4.69) is 34.6 Å². The van der Waals surface area contributed by atoms with Crippen LogP contribution in [0.3, 0.4) is 0 Å². The predicted octanol–water partition coefficient (Wildman–Crippen LogP) is 7.78. The Bertz CT molecular complexity index is 659. The highest BCUT2D eigenvalue weighted by Gasteiger charge is 2.58. The van der Waals surface area contributed by atoms with E-state index < -0.39 is 0 Å². The zero-order chi connectivity index (χ0) is 23.1. The van der Waals surface area contributed by atoms with Crippen molar-refractivity contribution in [3.63, 3.8) is 0 Å². The van der Waals surface area contributed by atoms with Crippen LogP contribution in [0.1, 0.15) is 125 Å². The van der Waals surface area contributed by atoms with Crippen LogP contribution >= 0.6 is 0 Å². The highest BCUT2D eigenvalue weighted by atomic mass is 16.1. The number of carbonyl (C=O) groups is 1. The van der Waals surface area contributed by atoms with Crippen molar-refractivity contribution in [2.45, 2.75) is 130 Å². The first-order valence-electron chi connectivity index (χ1n) is 14.4. The fraction of sp³-hybridized carbons (Fsp3) is 0.967. The Hall–Kier alpha value is -0.370. The lowest BCUT2D eigenvalue weighted by atomic mass is 9.52. The summed E-state index contributed by atoms with van der Waals surface area (Å²) in [5, 5.41) is 0. The first-order valence-corrected chi connectivity index (χ1v) is 14.4. The Kier molecular flexibility index (Phi) is 7.23. The summed E-state index contributed by atoms with van der Waals surface area (Å²) in [6, 6.07) is 0. The summed E-state index contributed by atoms with van der Waals surface area (Å²) in [6.07, 6.45) is 20.0. The number of hydrogen-bond donors (Lipinski definition) is 1. The monoisotopic (exact) mass is 443 g/mol. The average Bonchev–Trinajstić information content (AvgIpc) is 2.99. The number of fused-ring (bicyclic) bond motifs is 6. The number of rotatable bonds is 6. The minimum absolute atomic E-state index is 0.0623. The van der Waals surface area contributed by atoms with Crippen molar-refractivity contribution in [1.29, 1.82) is 0 Å². The van der Waals surface area contributed by atoms with Gasteiger partial charge in [0.2, 0.25) is 0 Å². The van der Waals surface area contributed by atoms with Crippen LogP contribution in [0, 0.1) is 52.3 Å². The number of hydrogen-bond acceptors (Lipinski definition) is 2. The van der Waals surface area contributed by atoms with Crippen LogP contribution in [0.2, 0.25) is 0 Å². The van der Waals surface area contributed by atoms with Crippen LogP contribution in [-0.2, 0) is 4.79 Å². The molecule has 4 fully saturated rings. The Balaban J connectivity index is 1.49. The molecule has 0 heterocycles. The summed E-state index contributed by atoms with van der Waals surface area (Å²) in [7, 11) is 0. The minimum atomic E-state index is 0.0623. The topological polar surface area (TPSA) is 43.1 Å². The van der Waals surface area contributed by atoms with E-state index in [-0.39, 0.29) is 11.5 Å². The normalized spacial score (nSPS) is 47.7. The molecule has 184 valence electrons. The van der Waals surface area contributed by atoms with Gasteiger partial charge in [-0.15, -0.1) is 0 Å². The average molecular weight is 444 g/mol. The third kappa shape index (κ3) is 4.25. The number of aldehydes is 1. The van der Waals surface area contributed by atoms with Gasteiger partial charge in [-0.1, -0.05) is 53.9 Å². The molecular weight excluding hydrogens is 390 g/mol. The third-order valence-corrected chi connectivity index (χ3v) is 12.0. The van der Waals surface area contributed by atoms with Gasteiger partial charge < -0.3 is 10.5 Å². The molecule has 0 aromatic rings. The van der Waals surface area contributed by atoms with Crippen molar-refractivity contribution in [2.24, 2.45) is 58.0 Å². The fourth-order valence-corrected chi connectivity index (χ4v) is 9.58. The van der Waals surface area contributed by atoms with Gasteiger partial charge >= 0.3 is 0 Å². The van der Waals surface area contributed by atoms with Crippen LogP contribution in [-0.4, -0.2) is 11.8 Å². The maximum Gasteiger partial charge on any atom is 0.123 e. The zero-order valence-electron chi connectivity index (χ0n) is 22.0. The lowest BCUT2D eigenvalue weighted by Crippen LogP contribution is -2.59. The lowest BCUT2D eigenvalue weighted by molar-refractivity contribution is -0.112.